The van der Waals surface area contributed by atoms with Gasteiger partial charge in [0.05, 0.1) is 10.7 Å². The number of amides is 2. The highest BCUT2D eigenvalue weighted by atomic mass is 35.5. The first-order chi connectivity index (χ1) is 15.2. The minimum absolute atomic E-state index is 0.0497. The molecule has 0 aromatic heterocycles. The van der Waals surface area contributed by atoms with Gasteiger partial charge in [-0.2, -0.15) is 0 Å². The molecule has 0 bridgehead atoms. The molecule has 0 saturated carbocycles. The molecule has 10 heteroatoms. The molecule has 1 aliphatic rings. The molecule has 0 fully saturated rings. The van der Waals surface area contributed by atoms with E-state index in [0.29, 0.717) is 24.5 Å². The van der Waals surface area contributed by atoms with Crippen molar-refractivity contribution >= 4 is 34.9 Å². The number of Topliss-reactive ketones (excluding diaryl/α,β-unsaturated/α-hetero) is 1. The summed E-state index contributed by atoms with van der Waals surface area (Å²) in [6.07, 6.45) is 0. The number of rotatable bonds is 9. The molecule has 2 aromatic carbocycles. The molecule has 0 spiro atoms. The summed E-state index contributed by atoms with van der Waals surface area (Å²) in [6, 6.07) is 8.19. The molecule has 1 heterocycles. The Labute approximate surface area is 189 Å². The Bertz CT molecular complexity index is 1030. The molecule has 2 aromatic rings. The van der Waals surface area contributed by atoms with Crippen LogP contribution >= 0.6 is 11.6 Å². The van der Waals surface area contributed by atoms with Crippen LogP contribution in [-0.2, 0) is 9.59 Å². The number of ketones is 1. The number of nitrogens with zero attached hydrogens (tertiary/aromatic N) is 2. The van der Waals surface area contributed by atoms with Crippen molar-refractivity contribution < 1.29 is 28.2 Å². The van der Waals surface area contributed by atoms with E-state index >= 15 is 0 Å². The van der Waals surface area contributed by atoms with Gasteiger partial charge in [0.2, 0.25) is 5.91 Å². The molecule has 0 atom stereocenters. The Morgan fingerprint density at radius 3 is 2.75 bits per heavy atom. The molecule has 0 unspecified atom stereocenters. The highest BCUT2D eigenvalue weighted by molar-refractivity contribution is 6.32. The van der Waals surface area contributed by atoms with E-state index in [1.54, 1.807) is 12.1 Å². The molecule has 0 saturated heterocycles. The van der Waals surface area contributed by atoms with Gasteiger partial charge in [-0.05, 0) is 50.5 Å². The van der Waals surface area contributed by atoms with Crippen molar-refractivity contribution in [1.82, 2.24) is 10.2 Å². The Hall–Kier alpha value is -3.17. The van der Waals surface area contributed by atoms with Gasteiger partial charge in [-0.25, -0.2) is 4.39 Å². The maximum absolute atomic E-state index is 13.2. The maximum atomic E-state index is 13.2. The number of carbonyl (C=O) groups is 3. The van der Waals surface area contributed by atoms with Crippen LogP contribution in [0.3, 0.4) is 0 Å². The lowest BCUT2D eigenvalue weighted by molar-refractivity contribution is -0.125. The van der Waals surface area contributed by atoms with Crippen molar-refractivity contribution in [3.05, 3.63) is 52.8 Å². The maximum Gasteiger partial charge on any atom is 0.265 e. The summed E-state index contributed by atoms with van der Waals surface area (Å²) in [4.78, 5) is 40.5. The van der Waals surface area contributed by atoms with E-state index in [4.69, 9.17) is 21.1 Å². The Morgan fingerprint density at radius 1 is 1.25 bits per heavy atom. The lowest BCUT2D eigenvalue weighted by Crippen LogP contribution is -2.46. The fourth-order valence-corrected chi connectivity index (χ4v) is 3.21. The fraction of sp³-hybridized carbons (Fsp3) is 0.318. The van der Waals surface area contributed by atoms with Gasteiger partial charge >= 0.3 is 0 Å². The number of likely N-dealkylation sites (N-methyl/N-ethyl adjacent to an activating group) is 1. The highest BCUT2D eigenvalue weighted by Gasteiger charge is 2.28. The number of hydrogen-bond acceptors (Lipinski definition) is 6. The van der Waals surface area contributed by atoms with Crippen molar-refractivity contribution in [2.24, 2.45) is 0 Å². The SMILES string of the molecule is CN(C)CCNC(=O)CN1C(=O)COc2ccc(C(=O)COc3ccc(F)cc3Cl)cc21. The van der Waals surface area contributed by atoms with Gasteiger partial charge in [0.1, 0.15) is 23.9 Å². The van der Waals surface area contributed by atoms with E-state index in [9.17, 15) is 18.8 Å². The van der Waals surface area contributed by atoms with Crippen LogP contribution in [0.15, 0.2) is 36.4 Å². The Morgan fingerprint density at radius 2 is 2.03 bits per heavy atom. The Balaban J connectivity index is 1.70. The average molecular weight is 464 g/mol. The summed E-state index contributed by atoms with van der Waals surface area (Å²) in [5.41, 5.74) is 0.591. The molecule has 2 amide bonds. The van der Waals surface area contributed by atoms with Gasteiger partial charge in [0.15, 0.2) is 19.0 Å². The second kappa shape index (κ2) is 10.4. The van der Waals surface area contributed by atoms with Gasteiger partial charge in [-0.1, -0.05) is 11.6 Å². The van der Waals surface area contributed by atoms with Crippen LogP contribution in [0.5, 0.6) is 11.5 Å². The van der Waals surface area contributed by atoms with Gasteiger partial charge < -0.3 is 19.7 Å². The zero-order valence-electron chi connectivity index (χ0n) is 17.7. The molecule has 0 radical (unpaired) electrons. The van der Waals surface area contributed by atoms with Crippen LogP contribution < -0.4 is 19.7 Å². The first-order valence-corrected chi connectivity index (χ1v) is 10.2. The molecule has 3 rings (SSSR count). The molecule has 1 aliphatic heterocycles. The summed E-state index contributed by atoms with van der Waals surface area (Å²) in [5.74, 6) is -1.04. The van der Waals surface area contributed by atoms with Gasteiger partial charge in [-0.3, -0.25) is 19.3 Å². The normalized spacial score (nSPS) is 12.9. The van der Waals surface area contributed by atoms with E-state index in [2.05, 4.69) is 5.32 Å². The van der Waals surface area contributed by atoms with Gasteiger partial charge in [0.25, 0.3) is 5.91 Å². The lowest BCUT2D eigenvalue weighted by atomic mass is 10.1. The number of anilines is 1. The number of nitrogens with one attached hydrogen (secondary N) is 1. The number of halogens is 2. The number of fused-ring (bicyclic) bond motifs is 1. The van der Waals surface area contributed by atoms with Crippen molar-refractivity contribution in [2.75, 3.05) is 51.8 Å². The molecule has 8 nitrogen and oxygen atoms in total. The standard InChI is InChI=1S/C22H23ClFN3O5/c1-26(2)8-7-25-21(29)11-27-17-9-14(3-5-20(17)32-13-22(27)30)18(28)12-31-19-6-4-15(24)10-16(19)23/h3-6,9-10H,7-8,11-13H2,1-2H3,(H,25,29). The number of carbonyl (C=O) groups excluding carboxylic acids is 3. The zero-order valence-corrected chi connectivity index (χ0v) is 18.4. The van der Waals surface area contributed by atoms with Crippen LogP contribution in [-0.4, -0.2) is 69.4 Å². The molecule has 32 heavy (non-hydrogen) atoms. The summed E-state index contributed by atoms with van der Waals surface area (Å²) in [7, 11) is 3.78. The molecular weight excluding hydrogens is 441 g/mol. The number of ether oxygens (including phenoxy) is 2. The van der Waals surface area contributed by atoms with Crippen LogP contribution in [0, 0.1) is 5.82 Å². The van der Waals surface area contributed by atoms with Gasteiger partial charge in [-0.15, -0.1) is 0 Å². The molecule has 0 aliphatic carbocycles. The topological polar surface area (TPSA) is 88.2 Å². The summed E-state index contributed by atoms with van der Waals surface area (Å²) in [5, 5.41) is 2.81. The molecule has 1 N–H and O–H groups in total. The quantitative estimate of drug-likeness (QED) is 0.573. The van der Waals surface area contributed by atoms with E-state index in [0.717, 1.165) is 6.07 Å². The van der Waals surface area contributed by atoms with Crippen molar-refractivity contribution in [1.29, 1.82) is 0 Å². The average Bonchev–Trinajstić information content (AvgIpc) is 2.74. The van der Waals surface area contributed by atoms with E-state index in [-0.39, 0.29) is 53.7 Å². The van der Waals surface area contributed by atoms with Crippen LogP contribution in [0.2, 0.25) is 5.02 Å². The largest absolute Gasteiger partial charge is 0.484 e. The van der Waals surface area contributed by atoms with E-state index in [1.807, 2.05) is 19.0 Å². The van der Waals surface area contributed by atoms with Gasteiger partial charge in [0, 0.05) is 18.7 Å². The lowest BCUT2D eigenvalue weighted by Gasteiger charge is -2.29. The van der Waals surface area contributed by atoms with Crippen LogP contribution in [0.25, 0.3) is 0 Å². The number of benzene rings is 2. The third kappa shape index (κ3) is 5.95. The van der Waals surface area contributed by atoms with Crippen LogP contribution in [0.1, 0.15) is 10.4 Å². The second-order valence-corrected chi connectivity index (χ2v) is 7.80. The predicted molar refractivity (Wildman–Crippen MR) is 117 cm³/mol. The monoisotopic (exact) mass is 463 g/mol. The summed E-state index contributed by atoms with van der Waals surface area (Å²) < 4.78 is 24.0. The van der Waals surface area contributed by atoms with Crippen molar-refractivity contribution in [2.45, 2.75) is 0 Å². The summed E-state index contributed by atoms with van der Waals surface area (Å²) >= 11 is 5.91. The first-order valence-electron chi connectivity index (χ1n) is 9.84. The Kier molecular flexibility index (Phi) is 7.66. The smallest absolute Gasteiger partial charge is 0.265 e. The fourth-order valence-electron chi connectivity index (χ4n) is 2.99. The minimum atomic E-state index is -0.515. The second-order valence-electron chi connectivity index (χ2n) is 7.39. The number of hydrogen-bond donors (Lipinski definition) is 1. The first kappa shape index (κ1) is 23.5. The van der Waals surface area contributed by atoms with Crippen molar-refractivity contribution in [3.63, 3.8) is 0 Å². The third-order valence-corrected chi connectivity index (χ3v) is 4.95. The minimum Gasteiger partial charge on any atom is -0.484 e. The predicted octanol–water partition coefficient (Wildman–Crippen LogP) is 2.14. The molecular formula is C22H23ClFN3O5. The van der Waals surface area contributed by atoms with E-state index < -0.39 is 5.82 Å². The third-order valence-electron chi connectivity index (χ3n) is 4.66. The summed E-state index contributed by atoms with van der Waals surface area (Å²) in [6.45, 7) is 0.374. The van der Waals surface area contributed by atoms with E-state index in [1.165, 1.54) is 23.1 Å². The highest BCUT2D eigenvalue weighted by Crippen LogP contribution is 2.33. The van der Waals surface area contributed by atoms with Crippen molar-refractivity contribution in [3.8, 4) is 11.5 Å². The zero-order chi connectivity index (χ0) is 23.3. The van der Waals surface area contributed by atoms with Crippen LogP contribution in [0.4, 0.5) is 10.1 Å². The molecule has 170 valence electrons.